The summed E-state index contributed by atoms with van der Waals surface area (Å²) >= 11 is 0. The number of benzene rings is 1. The van der Waals surface area contributed by atoms with Crippen LogP contribution in [0.5, 0.6) is 0 Å². The van der Waals surface area contributed by atoms with Crippen LogP contribution < -0.4 is 5.32 Å². The lowest BCUT2D eigenvalue weighted by atomic mass is 9.96. The highest BCUT2D eigenvalue weighted by atomic mass is 19.1. The summed E-state index contributed by atoms with van der Waals surface area (Å²) in [6.07, 6.45) is 4.21. The van der Waals surface area contributed by atoms with Crippen LogP contribution >= 0.6 is 0 Å². The van der Waals surface area contributed by atoms with Crippen LogP contribution in [-0.2, 0) is 16.0 Å². The monoisotopic (exact) mass is 402 g/mol. The molecule has 8 heteroatoms. The van der Waals surface area contributed by atoms with Crippen LogP contribution in [0, 0.1) is 11.7 Å². The van der Waals surface area contributed by atoms with E-state index in [9.17, 15) is 14.0 Å². The maximum Gasteiger partial charge on any atom is 0.227 e. The average molecular weight is 402 g/mol. The molecular formula is C21H27FN4O3. The lowest BCUT2D eigenvalue weighted by molar-refractivity contribution is -0.135. The van der Waals surface area contributed by atoms with E-state index in [4.69, 9.17) is 4.52 Å². The largest absolute Gasteiger partial charge is 0.356 e. The number of carbonyl (C=O) groups excluding carboxylic acids is 2. The Labute approximate surface area is 169 Å². The van der Waals surface area contributed by atoms with Gasteiger partial charge in [-0.1, -0.05) is 18.5 Å². The molecule has 1 unspecified atom stereocenters. The molecule has 2 heterocycles. The molecule has 156 valence electrons. The molecule has 1 aliphatic rings. The molecule has 0 bridgehead atoms. The Balaban J connectivity index is 1.49. The van der Waals surface area contributed by atoms with E-state index in [1.165, 1.54) is 12.1 Å². The normalized spacial score (nSPS) is 16.6. The van der Waals surface area contributed by atoms with Gasteiger partial charge in [0.15, 0.2) is 0 Å². The van der Waals surface area contributed by atoms with Crippen molar-refractivity contribution in [1.82, 2.24) is 20.4 Å². The number of nitrogens with one attached hydrogen (secondary N) is 1. The van der Waals surface area contributed by atoms with Crippen molar-refractivity contribution in [3.63, 3.8) is 0 Å². The molecule has 1 N–H and O–H groups in total. The molecular weight excluding hydrogens is 375 g/mol. The number of hydrogen-bond donors (Lipinski definition) is 1. The van der Waals surface area contributed by atoms with Gasteiger partial charge in [-0.05, 0) is 43.5 Å². The summed E-state index contributed by atoms with van der Waals surface area (Å²) in [4.78, 5) is 30.9. The van der Waals surface area contributed by atoms with Crippen molar-refractivity contribution in [2.24, 2.45) is 5.92 Å². The predicted octanol–water partition coefficient (Wildman–Crippen LogP) is 2.96. The molecule has 1 fully saturated rings. The number of carbonyl (C=O) groups is 2. The fraction of sp³-hybridized carbons (Fsp3) is 0.524. The van der Waals surface area contributed by atoms with Crippen molar-refractivity contribution in [2.75, 3.05) is 19.6 Å². The number of amides is 2. The van der Waals surface area contributed by atoms with Crippen LogP contribution in [0.15, 0.2) is 28.8 Å². The van der Waals surface area contributed by atoms with E-state index in [2.05, 4.69) is 22.4 Å². The average Bonchev–Trinajstić information content (AvgIpc) is 3.22. The molecule has 29 heavy (non-hydrogen) atoms. The Morgan fingerprint density at radius 2 is 2.10 bits per heavy atom. The smallest absolute Gasteiger partial charge is 0.227 e. The fourth-order valence-electron chi connectivity index (χ4n) is 3.39. The number of rotatable bonds is 8. The Kier molecular flexibility index (Phi) is 7.32. The highest BCUT2D eigenvalue weighted by Gasteiger charge is 2.28. The minimum Gasteiger partial charge on any atom is -0.356 e. The predicted molar refractivity (Wildman–Crippen MR) is 105 cm³/mol. The topological polar surface area (TPSA) is 88.3 Å². The Morgan fingerprint density at radius 1 is 1.31 bits per heavy atom. The van der Waals surface area contributed by atoms with Crippen molar-refractivity contribution < 1.29 is 18.5 Å². The van der Waals surface area contributed by atoms with E-state index in [0.29, 0.717) is 43.3 Å². The van der Waals surface area contributed by atoms with Gasteiger partial charge in [0.1, 0.15) is 5.82 Å². The van der Waals surface area contributed by atoms with Crippen LogP contribution in [0.2, 0.25) is 0 Å². The third-order valence-electron chi connectivity index (χ3n) is 5.10. The zero-order valence-electron chi connectivity index (χ0n) is 16.7. The molecule has 1 atom stereocenters. The van der Waals surface area contributed by atoms with Gasteiger partial charge in [0, 0.05) is 38.0 Å². The minimum atomic E-state index is -0.332. The van der Waals surface area contributed by atoms with Crippen molar-refractivity contribution in [3.8, 4) is 11.4 Å². The van der Waals surface area contributed by atoms with Crippen molar-refractivity contribution in [1.29, 1.82) is 0 Å². The first kappa shape index (κ1) is 21.0. The van der Waals surface area contributed by atoms with Gasteiger partial charge in [-0.15, -0.1) is 0 Å². The molecule has 3 rings (SSSR count). The molecule has 1 saturated heterocycles. The van der Waals surface area contributed by atoms with Gasteiger partial charge in [-0.2, -0.15) is 4.98 Å². The van der Waals surface area contributed by atoms with E-state index in [-0.39, 0.29) is 30.0 Å². The van der Waals surface area contributed by atoms with E-state index in [0.717, 1.165) is 25.7 Å². The second-order valence-electron chi connectivity index (χ2n) is 7.34. The second-order valence-corrected chi connectivity index (χ2v) is 7.34. The van der Waals surface area contributed by atoms with Crippen LogP contribution in [0.1, 0.15) is 44.9 Å². The molecule has 0 saturated carbocycles. The Bertz CT molecular complexity index is 822. The van der Waals surface area contributed by atoms with Crippen molar-refractivity contribution in [2.45, 2.75) is 45.4 Å². The van der Waals surface area contributed by atoms with Gasteiger partial charge in [0.25, 0.3) is 0 Å². The minimum absolute atomic E-state index is 0.0161. The number of piperidine rings is 1. The lowest BCUT2D eigenvalue weighted by Crippen LogP contribution is -2.45. The number of likely N-dealkylation sites (tertiary alicyclic amines) is 1. The first-order chi connectivity index (χ1) is 14.1. The molecule has 1 aromatic carbocycles. The number of nitrogens with zero attached hydrogens (tertiary/aromatic N) is 3. The van der Waals surface area contributed by atoms with E-state index >= 15 is 0 Å². The number of unbranched alkanes of at least 4 members (excludes halogenated alkanes) is 1. The zero-order chi connectivity index (χ0) is 20.6. The molecule has 1 aliphatic heterocycles. The summed E-state index contributed by atoms with van der Waals surface area (Å²) in [5.41, 5.74) is 0.653. The quantitative estimate of drug-likeness (QED) is 0.686. The van der Waals surface area contributed by atoms with Gasteiger partial charge < -0.3 is 14.7 Å². The third-order valence-corrected chi connectivity index (χ3v) is 5.10. The molecule has 0 aliphatic carbocycles. The summed E-state index contributed by atoms with van der Waals surface area (Å²) in [6, 6.07) is 5.82. The van der Waals surface area contributed by atoms with Crippen molar-refractivity contribution in [3.05, 3.63) is 36.0 Å². The van der Waals surface area contributed by atoms with E-state index < -0.39 is 0 Å². The lowest BCUT2D eigenvalue weighted by Gasteiger charge is -2.32. The number of halogens is 1. The SMILES string of the molecule is CCCCNC(=O)C1CCCN(C(=O)CCc2nc(-c3ccc(F)cc3)no2)C1. The summed E-state index contributed by atoms with van der Waals surface area (Å²) in [6.45, 7) is 3.90. The first-order valence-electron chi connectivity index (χ1n) is 10.2. The fourth-order valence-corrected chi connectivity index (χ4v) is 3.39. The van der Waals surface area contributed by atoms with Gasteiger partial charge in [0.05, 0.1) is 5.92 Å². The summed E-state index contributed by atoms with van der Waals surface area (Å²) in [5.74, 6) is 0.284. The third kappa shape index (κ3) is 5.85. The zero-order valence-corrected chi connectivity index (χ0v) is 16.7. The van der Waals surface area contributed by atoms with E-state index in [1.807, 2.05) is 0 Å². The molecule has 7 nitrogen and oxygen atoms in total. The Morgan fingerprint density at radius 3 is 2.86 bits per heavy atom. The number of hydrogen-bond acceptors (Lipinski definition) is 5. The molecule has 2 amide bonds. The molecule has 2 aromatic rings. The molecule has 1 aromatic heterocycles. The van der Waals surface area contributed by atoms with E-state index in [1.54, 1.807) is 17.0 Å². The highest BCUT2D eigenvalue weighted by molar-refractivity contribution is 5.81. The highest BCUT2D eigenvalue weighted by Crippen LogP contribution is 2.19. The standard InChI is InChI=1S/C21H27FN4O3/c1-2-3-12-23-21(28)16-5-4-13-26(14-16)19(27)11-10-18-24-20(25-29-18)15-6-8-17(22)9-7-15/h6-9,16H,2-5,10-14H2,1H3,(H,23,28). The first-order valence-corrected chi connectivity index (χ1v) is 10.2. The van der Waals surface area contributed by atoms with Crippen LogP contribution in [0.4, 0.5) is 4.39 Å². The number of aromatic nitrogens is 2. The van der Waals surface area contributed by atoms with Gasteiger partial charge in [-0.25, -0.2) is 4.39 Å². The molecule has 0 radical (unpaired) electrons. The van der Waals surface area contributed by atoms with Gasteiger partial charge >= 0.3 is 0 Å². The maximum absolute atomic E-state index is 13.0. The summed E-state index contributed by atoms with van der Waals surface area (Å²) in [5, 5.41) is 6.85. The van der Waals surface area contributed by atoms with Gasteiger partial charge in [-0.3, -0.25) is 9.59 Å². The van der Waals surface area contributed by atoms with Crippen LogP contribution in [0.3, 0.4) is 0 Å². The summed E-state index contributed by atoms with van der Waals surface area (Å²) < 4.78 is 18.2. The van der Waals surface area contributed by atoms with Crippen LogP contribution in [0.25, 0.3) is 11.4 Å². The van der Waals surface area contributed by atoms with Gasteiger partial charge in [0.2, 0.25) is 23.5 Å². The Hall–Kier alpha value is -2.77. The summed E-state index contributed by atoms with van der Waals surface area (Å²) in [7, 11) is 0. The molecule has 0 spiro atoms. The maximum atomic E-state index is 13.0. The second kappa shape index (κ2) is 10.1. The van der Waals surface area contributed by atoms with Crippen molar-refractivity contribution >= 4 is 11.8 Å². The number of aryl methyl sites for hydroxylation is 1. The van der Waals surface area contributed by atoms with Crippen LogP contribution in [-0.4, -0.2) is 46.5 Å².